The fraction of sp³-hybridized carbons (Fsp3) is 0.263. The summed E-state index contributed by atoms with van der Waals surface area (Å²) in [5.74, 6) is -3.60. The summed E-state index contributed by atoms with van der Waals surface area (Å²) >= 11 is 3.23. The van der Waals surface area contributed by atoms with Crippen molar-refractivity contribution in [3.63, 3.8) is 0 Å². The number of nitrogens with zero attached hydrogens (tertiary/aromatic N) is 1. The molecule has 1 aromatic heterocycles. The van der Waals surface area contributed by atoms with Crippen molar-refractivity contribution < 1.29 is 41.1 Å². The zero-order valence-electron chi connectivity index (χ0n) is 18.9. The van der Waals surface area contributed by atoms with Crippen molar-refractivity contribution in [2.24, 2.45) is 5.73 Å². The molecule has 2 aromatic rings. The lowest BCUT2D eigenvalue weighted by molar-refractivity contribution is -0.192. The molecule has 0 bridgehead atoms. The fourth-order valence-electron chi connectivity index (χ4n) is 2.33. The molecule has 0 aliphatic heterocycles. The van der Waals surface area contributed by atoms with Gasteiger partial charge in [0.1, 0.15) is 12.2 Å². The van der Waals surface area contributed by atoms with Gasteiger partial charge < -0.3 is 20.7 Å². The van der Waals surface area contributed by atoms with Gasteiger partial charge in [0.15, 0.2) is 0 Å². The highest BCUT2D eigenvalue weighted by Crippen LogP contribution is 2.17. The second-order valence-electron chi connectivity index (χ2n) is 6.86. The molecule has 2 rings (SSSR count). The van der Waals surface area contributed by atoms with Crippen LogP contribution in [0.15, 0.2) is 50.6 Å². The molecule has 1 heterocycles. The zero-order chi connectivity index (χ0) is 28.4. The van der Waals surface area contributed by atoms with Crippen LogP contribution in [-0.4, -0.2) is 55.3 Å². The predicted molar refractivity (Wildman–Crippen MR) is 128 cm³/mol. The molecular formula is C19H22BrF3N6O7S. The average Bonchev–Trinajstić information content (AvgIpc) is 2.78. The molecule has 0 fully saturated rings. The number of hydrogen-bond acceptors (Lipinski definition) is 7. The summed E-state index contributed by atoms with van der Waals surface area (Å²) in [5.41, 5.74) is 6.82. The standard InChI is InChI=1S/C17H21BrN6O5S.C2HF3O2/c1-11-2-7-14(23-30(27,28)13-5-3-12(18)4-6-13)16(26)24(11)10-15(25)21-8-9-29-22-17(19)20;3-2(4,5)1(6)7/h2-7,23H,8-10H2,1H3,(H,21,25)(H4,19,20,22);(H,6,7). The van der Waals surface area contributed by atoms with Gasteiger partial charge >= 0.3 is 12.1 Å². The Bertz CT molecular complexity index is 1280. The van der Waals surface area contributed by atoms with Crippen molar-refractivity contribution >= 4 is 49.5 Å². The van der Waals surface area contributed by atoms with Gasteiger partial charge in [0.25, 0.3) is 15.6 Å². The number of aliphatic carboxylic acids is 1. The minimum absolute atomic E-state index is 0.00543. The number of nitrogens with two attached hydrogens (primary N) is 1. The lowest BCUT2D eigenvalue weighted by Gasteiger charge is -2.14. The van der Waals surface area contributed by atoms with Crippen LogP contribution in [0.1, 0.15) is 5.69 Å². The van der Waals surface area contributed by atoms with Crippen LogP contribution in [0.3, 0.4) is 0 Å². The van der Waals surface area contributed by atoms with Crippen molar-refractivity contribution in [2.75, 3.05) is 17.9 Å². The summed E-state index contributed by atoms with van der Waals surface area (Å²) in [5, 5.41) is 16.6. The Morgan fingerprint density at radius 2 is 1.76 bits per heavy atom. The number of amides is 1. The first-order chi connectivity index (χ1) is 17.0. The van der Waals surface area contributed by atoms with E-state index in [2.05, 4.69) is 31.4 Å². The van der Waals surface area contributed by atoms with Crippen LogP contribution in [0, 0.1) is 12.3 Å². The van der Waals surface area contributed by atoms with Gasteiger partial charge in [-0.05, 0) is 43.3 Å². The van der Waals surface area contributed by atoms with E-state index < -0.39 is 33.6 Å². The number of aryl methyl sites for hydroxylation is 1. The predicted octanol–water partition coefficient (Wildman–Crippen LogP) is 0.884. The number of carbonyl (C=O) groups is 2. The topological polar surface area (TPSA) is 206 Å². The maximum absolute atomic E-state index is 12.7. The van der Waals surface area contributed by atoms with Crippen molar-refractivity contribution in [3.8, 4) is 0 Å². The van der Waals surface area contributed by atoms with Crippen LogP contribution >= 0.6 is 15.9 Å². The van der Waals surface area contributed by atoms with Gasteiger partial charge in [0, 0.05) is 16.7 Å². The molecule has 0 saturated carbocycles. The molecule has 0 unspecified atom stereocenters. The van der Waals surface area contributed by atoms with Crippen molar-refractivity contribution in [3.05, 3.63) is 56.9 Å². The smallest absolute Gasteiger partial charge is 0.475 e. The summed E-state index contributed by atoms with van der Waals surface area (Å²) in [6.07, 6.45) is -5.08. The summed E-state index contributed by atoms with van der Waals surface area (Å²) in [4.78, 5) is 38.5. The number of halogens is 4. The Hall–Kier alpha value is -3.64. The maximum Gasteiger partial charge on any atom is 0.490 e. The minimum atomic E-state index is -5.08. The zero-order valence-corrected chi connectivity index (χ0v) is 21.3. The van der Waals surface area contributed by atoms with Crippen molar-refractivity contribution in [2.45, 2.75) is 24.5 Å². The van der Waals surface area contributed by atoms with Gasteiger partial charge in [-0.2, -0.15) is 13.2 Å². The molecule has 0 radical (unpaired) electrons. The number of benzene rings is 1. The number of carbonyl (C=O) groups excluding carboxylic acids is 1. The van der Waals surface area contributed by atoms with Gasteiger partial charge in [-0.15, -0.1) is 0 Å². The lowest BCUT2D eigenvalue weighted by atomic mass is 10.3. The average molecular weight is 615 g/mol. The fourth-order valence-corrected chi connectivity index (χ4v) is 3.65. The van der Waals surface area contributed by atoms with E-state index in [1.807, 2.05) is 0 Å². The highest BCUT2D eigenvalue weighted by Gasteiger charge is 2.38. The summed E-state index contributed by atoms with van der Waals surface area (Å²) in [6.45, 7) is 1.48. The molecule has 37 heavy (non-hydrogen) atoms. The molecule has 18 heteroatoms. The van der Waals surface area contributed by atoms with Crippen LogP contribution in [0.25, 0.3) is 0 Å². The molecule has 204 valence electrons. The molecule has 0 saturated heterocycles. The molecule has 7 N–H and O–H groups in total. The second-order valence-corrected chi connectivity index (χ2v) is 9.45. The first kappa shape index (κ1) is 31.4. The number of anilines is 1. The number of rotatable bonds is 9. The van der Waals surface area contributed by atoms with Gasteiger partial charge in [0.05, 0.1) is 11.5 Å². The molecular weight excluding hydrogens is 593 g/mol. The van der Waals surface area contributed by atoms with E-state index >= 15 is 0 Å². The van der Waals surface area contributed by atoms with E-state index in [0.717, 1.165) is 4.57 Å². The normalized spacial score (nSPS) is 11.1. The molecule has 1 aromatic carbocycles. The van der Waals surface area contributed by atoms with Crippen LogP contribution in [0.4, 0.5) is 18.9 Å². The Balaban J connectivity index is 0.000000856. The number of sulfonamides is 1. The van der Waals surface area contributed by atoms with E-state index in [1.54, 1.807) is 19.1 Å². The first-order valence-corrected chi connectivity index (χ1v) is 12.1. The summed E-state index contributed by atoms with van der Waals surface area (Å²) < 4.78 is 60.9. The molecule has 0 aliphatic carbocycles. The quantitative estimate of drug-likeness (QED) is 0.102. The highest BCUT2D eigenvalue weighted by molar-refractivity contribution is 9.10. The number of carboxylic acid groups (broad SMARTS) is 1. The SMILES string of the molecule is Cc1ccc(NS(=O)(=O)c2ccc(Br)cc2)c(=O)n1CC(=O)NCCONC(=N)N.O=C(O)C(F)(F)F. The Morgan fingerprint density at radius 1 is 1.19 bits per heavy atom. The van der Waals surface area contributed by atoms with E-state index in [4.69, 9.17) is 25.9 Å². The van der Waals surface area contributed by atoms with E-state index in [0.29, 0.717) is 10.2 Å². The molecule has 0 atom stereocenters. The van der Waals surface area contributed by atoms with Crippen LogP contribution in [0.5, 0.6) is 0 Å². The largest absolute Gasteiger partial charge is 0.490 e. The molecule has 0 spiro atoms. The molecule has 13 nitrogen and oxygen atoms in total. The highest BCUT2D eigenvalue weighted by atomic mass is 79.9. The van der Waals surface area contributed by atoms with Gasteiger partial charge in [0.2, 0.25) is 11.9 Å². The third-order valence-corrected chi connectivity index (χ3v) is 5.92. The number of aromatic nitrogens is 1. The Labute approximate surface area is 216 Å². The number of nitrogens with one attached hydrogen (secondary N) is 4. The van der Waals surface area contributed by atoms with E-state index in [-0.39, 0.29) is 36.2 Å². The van der Waals surface area contributed by atoms with E-state index in [9.17, 15) is 31.2 Å². The number of pyridine rings is 1. The van der Waals surface area contributed by atoms with Crippen LogP contribution in [0.2, 0.25) is 0 Å². The van der Waals surface area contributed by atoms with Crippen LogP contribution < -0.4 is 26.8 Å². The second kappa shape index (κ2) is 13.6. The van der Waals surface area contributed by atoms with Gasteiger partial charge in [-0.25, -0.2) is 18.7 Å². The Kier molecular flexibility index (Phi) is 11.5. The van der Waals surface area contributed by atoms with Crippen LogP contribution in [-0.2, 0) is 31.0 Å². The van der Waals surface area contributed by atoms with Gasteiger partial charge in [-0.3, -0.25) is 24.6 Å². The number of guanidine groups is 1. The van der Waals surface area contributed by atoms with Crippen molar-refractivity contribution in [1.82, 2.24) is 15.4 Å². The van der Waals surface area contributed by atoms with Crippen molar-refractivity contribution in [1.29, 1.82) is 5.41 Å². The van der Waals surface area contributed by atoms with Gasteiger partial charge in [-0.1, -0.05) is 15.9 Å². The number of hydroxylamine groups is 1. The number of alkyl halides is 3. The third kappa shape index (κ3) is 10.9. The molecule has 0 aliphatic rings. The third-order valence-electron chi connectivity index (χ3n) is 4.01. The Morgan fingerprint density at radius 3 is 2.27 bits per heavy atom. The van der Waals surface area contributed by atoms with E-state index in [1.165, 1.54) is 24.3 Å². The summed E-state index contributed by atoms with van der Waals surface area (Å²) in [6, 6.07) is 8.83. The maximum atomic E-state index is 12.7. The first-order valence-electron chi connectivity index (χ1n) is 9.82. The summed E-state index contributed by atoms with van der Waals surface area (Å²) in [7, 11) is -3.97. The number of hydrogen-bond donors (Lipinski definition) is 6. The monoisotopic (exact) mass is 614 g/mol. The number of carboxylic acids is 1. The molecule has 1 amide bonds. The lowest BCUT2D eigenvalue weighted by Crippen LogP contribution is -2.37. The minimum Gasteiger partial charge on any atom is -0.475 e.